The van der Waals surface area contributed by atoms with Crippen molar-refractivity contribution in [3.63, 3.8) is 0 Å². The Bertz CT molecular complexity index is 1100. The molecule has 13 heteroatoms. The van der Waals surface area contributed by atoms with Crippen LogP contribution in [0.1, 0.15) is 18.5 Å². The number of aromatic nitrogens is 4. The lowest BCUT2D eigenvalue weighted by molar-refractivity contribution is 0.589. The number of benzene rings is 1. The fourth-order valence-electron chi connectivity index (χ4n) is 2.62. The van der Waals surface area contributed by atoms with Crippen LogP contribution < -0.4 is 20.7 Å². The first-order valence-corrected chi connectivity index (χ1v) is 11.3. The first kappa shape index (κ1) is 25.2. The Kier molecular flexibility index (Phi) is 9.05. The zero-order chi connectivity index (χ0) is 22.3. The monoisotopic (exact) mass is 482 g/mol. The lowest BCUT2D eigenvalue weighted by atomic mass is 10.1. The highest BCUT2D eigenvalue weighted by molar-refractivity contribution is 7.88. The molecule has 2 aromatic heterocycles. The van der Waals surface area contributed by atoms with E-state index in [0.717, 1.165) is 11.8 Å². The predicted molar refractivity (Wildman–Crippen MR) is 124 cm³/mol. The van der Waals surface area contributed by atoms with Gasteiger partial charge in [-0.1, -0.05) is 12.1 Å². The molecule has 3 rings (SSSR count). The van der Waals surface area contributed by atoms with Gasteiger partial charge in [-0.25, -0.2) is 22.5 Å². The first-order valence-electron chi connectivity index (χ1n) is 9.41. The largest absolute Gasteiger partial charge is 0.369 e. The molecule has 0 amide bonds. The van der Waals surface area contributed by atoms with Crippen molar-refractivity contribution < 1.29 is 12.8 Å². The highest BCUT2D eigenvalue weighted by Crippen LogP contribution is 2.21. The smallest absolute Gasteiger partial charge is 0.227 e. The summed E-state index contributed by atoms with van der Waals surface area (Å²) in [5.74, 6) is 1.46. The molecule has 2 heterocycles. The van der Waals surface area contributed by atoms with Gasteiger partial charge < -0.3 is 16.0 Å². The molecular formula is C19H24ClFN8O2S. The quantitative estimate of drug-likeness (QED) is 0.322. The van der Waals surface area contributed by atoms with E-state index in [2.05, 4.69) is 40.6 Å². The van der Waals surface area contributed by atoms with Crippen LogP contribution in [0, 0.1) is 5.82 Å². The van der Waals surface area contributed by atoms with E-state index in [1.807, 2.05) is 6.92 Å². The fourth-order valence-corrected chi connectivity index (χ4v) is 3.09. The minimum absolute atomic E-state index is 0. The highest BCUT2D eigenvalue weighted by atomic mass is 35.5. The van der Waals surface area contributed by atoms with E-state index in [1.54, 1.807) is 36.8 Å². The van der Waals surface area contributed by atoms with E-state index in [4.69, 9.17) is 0 Å². The average Bonchev–Trinajstić information content (AvgIpc) is 2.72. The van der Waals surface area contributed by atoms with E-state index in [-0.39, 0.29) is 30.8 Å². The molecule has 4 N–H and O–H groups in total. The van der Waals surface area contributed by atoms with Crippen LogP contribution in [0.2, 0.25) is 0 Å². The number of nitrogens with one attached hydrogen (secondary N) is 4. The number of hydrogen-bond donors (Lipinski definition) is 4. The van der Waals surface area contributed by atoms with Crippen LogP contribution in [-0.4, -0.2) is 47.7 Å². The van der Waals surface area contributed by atoms with Gasteiger partial charge in [-0.3, -0.25) is 4.98 Å². The van der Waals surface area contributed by atoms with Gasteiger partial charge in [0.15, 0.2) is 0 Å². The topological polar surface area (TPSA) is 134 Å². The van der Waals surface area contributed by atoms with E-state index >= 15 is 0 Å². The summed E-state index contributed by atoms with van der Waals surface area (Å²) in [5, 5.41) is 9.30. The molecule has 32 heavy (non-hydrogen) atoms. The molecule has 0 aliphatic rings. The van der Waals surface area contributed by atoms with Crippen molar-refractivity contribution in [3.8, 4) is 0 Å². The second-order valence-corrected chi connectivity index (χ2v) is 8.52. The minimum atomic E-state index is -3.27. The second-order valence-electron chi connectivity index (χ2n) is 6.69. The molecule has 10 nitrogen and oxygen atoms in total. The third kappa shape index (κ3) is 8.21. The molecular weight excluding hydrogens is 459 g/mol. The summed E-state index contributed by atoms with van der Waals surface area (Å²) < 4.78 is 38.0. The summed E-state index contributed by atoms with van der Waals surface area (Å²) >= 11 is 0. The highest BCUT2D eigenvalue weighted by Gasteiger charge is 2.11. The number of rotatable bonds is 10. The Morgan fingerprint density at radius 1 is 1.03 bits per heavy atom. The first-order chi connectivity index (χ1) is 14.8. The second kappa shape index (κ2) is 11.5. The number of anilines is 4. The van der Waals surface area contributed by atoms with Crippen LogP contribution in [-0.2, 0) is 10.0 Å². The lowest BCUT2D eigenvalue weighted by Crippen LogP contribution is -2.27. The van der Waals surface area contributed by atoms with Gasteiger partial charge in [0.1, 0.15) is 23.3 Å². The van der Waals surface area contributed by atoms with E-state index in [0.29, 0.717) is 29.9 Å². The van der Waals surface area contributed by atoms with Gasteiger partial charge in [0.2, 0.25) is 16.0 Å². The van der Waals surface area contributed by atoms with Crippen LogP contribution in [0.25, 0.3) is 0 Å². The molecule has 0 saturated carbocycles. The molecule has 0 radical (unpaired) electrons. The Labute approximate surface area is 192 Å². The molecule has 1 atom stereocenters. The van der Waals surface area contributed by atoms with E-state index < -0.39 is 10.0 Å². The summed E-state index contributed by atoms with van der Waals surface area (Å²) in [6.07, 6.45) is 5.76. The van der Waals surface area contributed by atoms with Gasteiger partial charge >= 0.3 is 0 Å². The van der Waals surface area contributed by atoms with Gasteiger partial charge in [0, 0.05) is 31.5 Å². The Hall–Kier alpha value is -3.09. The molecule has 0 unspecified atom stereocenters. The summed E-state index contributed by atoms with van der Waals surface area (Å²) in [4.78, 5) is 17.1. The van der Waals surface area contributed by atoms with Crippen LogP contribution in [0.3, 0.4) is 0 Å². The van der Waals surface area contributed by atoms with Gasteiger partial charge in [-0.15, -0.1) is 12.4 Å². The molecule has 0 bridgehead atoms. The molecule has 1 aromatic carbocycles. The summed E-state index contributed by atoms with van der Waals surface area (Å²) in [7, 11) is -3.27. The molecule has 0 aliphatic carbocycles. The van der Waals surface area contributed by atoms with Gasteiger partial charge in [-0.2, -0.15) is 9.97 Å². The molecule has 172 valence electrons. The molecule has 3 aromatic rings. The minimum Gasteiger partial charge on any atom is -0.369 e. The maximum atomic E-state index is 13.2. The van der Waals surface area contributed by atoms with Gasteiger partial charge in [0.25, 0.3) is 0 Å². The Balaban J connectivity index is 0.00000363. The zero-order valence-corrected chi connectivity index (χ0v) is 19.0. The lowest BCUT2D eigenvalue weighted by Gasteiger charge is -2.16. The third-order valence-electron chi connectivity index (χ3n) is 4.06. The van der Waals surface area contributed by atoms with Crippen molar-refractivity contribution in [2.75, 3.05) is 35.3 Å². The number of nitrogens with zero attached hydrogens (tertiary/aromatic N) is 4. The third-order valence-corrected chi connectivity index (χ3v) is 4.78. The maximum absolute atomic E-state index is 13.2. The van der Waals surface area contributed by atoms with Crippen LogP contribution in [0.15, 0.2) is 48.9 Å². The van der Waals surface area contributed by atoms with Crippen LogP contribution >= 0.6 is 12.4 Å². The number of halogens is 2. The van der Waals surface area contributed by atoms with Crippen molar-refractivity contribution in [2.45, 2.75) is 13.0 Å². The van der Waals surface area contributed by atoms with Gasteiger partial charge in [-0.05, 0) is 24.6 Å². The van der Waals surface area contributed by atoms with Crippen LogP contribution in [0.5, 0.6) is 0 Å². The predicted octanol–water partition coefficient (Wildman–Crippen LogP) is 2.71. The molecule has 0 fully saturated rings. The zero-order valence-electron chi connectivity index (χ0n) is 17.4. The average molecular weight is 483 g/mol. The Morgan fingerprint density at radius 3 is 2.41 bits per heavy atom. The molecule has 0 saturated heterocycles. The standard InChI is InChI=1S/C19H23FN8O2S.ClH/c1-13(14-3-5-15(20)6-4-14)25-19-27-16(22-9-10-24-31(2,29)30)11-17(28-19)26-18-12-21-7-8-23-18;/h3-8,11-13,24H,9-10H2,1-2H3,(H3,22,23,25,26,27,28);1H/t13-;/m0./s1. The van der Waals surface area contributed by atoms with Gasteiger partial charge in [0.05, 0.1) is 18.5 Å². The van der Waals surface area contributed by atoms with Crippen molar-refractivity contribution in [1.29, 1.82) is 0 Å². The molecule has 0 spiro atoms. The van der Waals surface area contributed by atoms with E-state index in [9.17, 15) is 12.8 Å². The van der Waals surface area contributed by atoms with Crippen molar-refractivity contribution in [3.05, 3.63) is 60.3 Å². The Morgan fingerprint density at radius 2 is 1.75 bits per heavy atom. The summed E-state index contributed by atoms with van der Waals surface area (Å²) in [5.41, 5.74) is 0.865. The number of sulfonamides is 1. The van der Waals surface area contributed by atoms with Crippen molar-refractivity contribution in [2.24, 2.45) is 0 Å². The SMILES string of the molecule is C[C@H](Nc1nc(NCCNS(C)(=O)=O)cc(Nc2cnccn2)n1)c1ccc(F)cc1.Cl. The molecule has 0 aliphatic heterocycles. The van der Waals surface area contributed by atoms with Crippen molar-refractivity contribution in [1.82, 2.24) is 24.7 Å². The summed E-state index contributed by atoms with van der Waals surface area (Å²) in [6.45, 7) is 2.43. The fraction of sp³-hybridized carbons (Fsp3) is 0.263. The number of hydrogen-bond acceptors (Lipinski definition) is 9. The van der Waals surface area contributed by atoms with Crippen molar-refractivity contribution >= 4 is 45.8 Å². The van der Waals surface area contributed by atoms with E-state index in [1.165, 1.54) is 12.1 Å². The maximum Gasteiger partial charge on any atom is 0.227 e. The summed E-state index contributed by atoms with van der Waals surface area (Å²) in [6, 6.07) is 7.63. The normalized spacial score (nSPS) is 11.8. The van der Waals surface area contributed by atoms with Crippen LogP contribution in [0.4, 0.5) is 27.8 Å².